The molecule has 29 heavy (non-hydrogen) atoms. The van der Waals surface area contributed by atoms with Crippen molar-refractivity contribution < 1.29 is 0 Å². The molecular weight excluding hydrogens is 420 g/mol. The molecule has 0 radical (unpaired) electrons. The fourth-order valence-electron chi connectivity index (χ4n) is 4.29. The molecule has 0 spiro atoms. The Morgan fingerprint density at radius 2 is 1.34 bits per heavy atom. The van der Waals surface area contributed by atoms with Crippen LogP contribution in [-0.4, -0.2) is 9.97 Å². The second-order valence-corrected chi connectivity index (χ2v) is 8.32. The van der Waals surface area contributed by atoms with Crippen molar-refractivity contribution in [1.82, 2.24) is 9.97 Å². The number of hydrogen-bond acceptors (Lipinski definition) is 2. The topological polar surface area (TPSA) is 25.8 Å². The van der Waals surface area contributed by atoms with Crippen molar-refractivity contribution in [2.75, 3.05) is 0 Å². The second kappa shape index (κ2) is 7.92. The van der Waals surface area contributed by atoms with Gasteiger partial charge in [-0.15, -0.1) is 0 Å². The summed E-state index contributed by atoms with van der Waals surface area (Å²) in [5, 5.41) is 6.61. The van der Waals surface area contributed by atoms with E-state index in [2.05, 4.69) is 68.4 Å². The molecule has 1 aliphatic carbocycles. The van der Waals surface area contributed by atoms with Crippen LogP contribution in [-0.2, 0) is 12.8 Å². The summed E-state index contributed by atoms with van der Waals surface area (Å²) in [6.07, 6.45) is 8.64. The third-order valence-corrected chi connectivity index (χ3v) is 6.35. The van der Waals surface area contributed by atoms with Crippen molar-refractivity contribution in [3.63, 3.8) is 0 Å². The predicted octanol–water partition coefficient (Wildman–Crippen LogP) is 7.26. The summed E-state index contributed by atoms with van der Waals surface area (Å²) in [7, 11) is 0. The molecule has 6 rings (SSSR count). The number of nitrogens with zero attached hydrogens (tertiary/aromatic N) is 2. The number of aromatic nitrogens is 2. The Morgan fingerprint density at radius 3 is 2.10 bits per heavy atom. The molecule has 0 fully saturated rings. The second-order valence-electron chi connectivity index (χ2n) is 7.46. The van der Waals surface area contributed by atoms with Crippen molar-refractivity contribution >= 4 is 48.5 Å². The van der Waals surface area contributed by atoms with Gasteiger partial charge in [-0.05, 0) is 88.7 Å². The molecule has 1 aliphatic rings. The zero-order chi connectivity index (χ0) is 19.6. The average Bonchev–Trinajstić information content (AvgIpc) is 2.80. The highest BCUT2D eigenvalue weighted by atomic mass is 79.9. The fourth-order valence-corrected chi connectivity index (χ4v) is 4.87. The molecule has 0 unspecified atom stereocenters. The third kappa shape index (κ3) is 3.51. The highest BCUT2D eigenvalue weighted by Crippen LogP contribution is 2.36. The van der Waals surface area contributed by atoms with Gasteiger partial charge in [-0.25, -0.2) is 9.97 Å². The van der Waals surface area contributed by atoms with Crippen LogP contribution in [0.1, 0.15) is 24.0 Å². The standard InChI is InChI=1S/C18H15Br.C8H6N2/c19-18-11-17-13-6-2-1-5-12(13)9-10-15(17)14-7-3-4-8-16(14)18;1-3-7-4-2-6-10-8(7)9-5-1/h3-4,7-11H,1-2,5-6H2;1-6H. The maximum atomic E-state index is 4.07. The largest absolute Gasteiger partial charge is 0.237 e. The first kappa shape index (κ1) is 18.3. The first-order valence-electron chi connectivity index (χ1n) is 10.1. The lowest BCUT2D eigenvalue weighted by Crippen LogP contribution is -2.03. The molecule has 142 valence electrons. The normalized spacial score (nSPS) is 13.1. The van der Waals surface area contributed by atoms with Crippen LogP contribution in [0.4, 0.5) is 0 Å². The Morgan fingerprint density at radius 1 is 0.655 bits per heavy atom. The number of aryl methyl sites for hydroxylation is 2. The molecule has 0 bridgehead atoms. The molecule has 0 aliphatic heterocycles. The number of rotatable bonds is 0. The van der Waals surface area contributed by atoms with Gasteiger partial charge in [0.05, 0.1) is 0 Å². The summed E-state index contributed by atoms with van der Waals surface area (Å²) in [5.41, 5.74) is 3.95. The molecule has 0 N–H and O–H groups in total. The highest BCUT2D eigenvalue weighted by Gasteiger charge is 2.14. The molecule has 5 aromatic rings. The lowest BCUT2D eigenvalue weighted by Gasteiger charge is -2.19. The smallest absolute Gasteiger partial charge is 0.159 e. The number of benzene rings is 3. The first-order chi connectivity index (χ1) is 14.3. The molecule has 3 aromatic carbocycles. The van der Waals surface area contributed by atoms with Crippen molar-refractivity contribution in [2.24, 2.45) is 0 Å². The van der Waals surface area contributed by atoms with Crippen molar-refractivity contribution in [3.8, 4) is 0 Å². The zero-order valence-electron chi connectivity index (χ0n) is 16.1. The van der Waals surface area contributed by atoms with E-state index in [-0.39, 0.29) is 0 Å². The maximum Gasteiger partial charge on any atom is 0.159 e. The average molecular weight is 441 g/mol. The van der Waals surface area contributed by atoms with Gasteiger partial charge in [-0.1, -0.05) is 52.3 Å². The van der Waals surface area contributed by atoms with E-state index in [1.807, 2.05) is 24.3 Å². The van der Waals surface area contributed by atoms with Crippen LogP contribution >= 0.6 is 15.9 Å². The van der Waals surface area contributed by atoms with Gasteiger partial charge < -0.3 is 0 Å². The number of hydrogen-bond donors (Lipinski definition) is 0. The van der Waals surface area contributed by atoms with Crippen molar-refractivity contribution in [1.29, 1.82) is 0 Å². The lowest BCUT2D eigenvalue weighted by molar-refractivity contribution is 0.690. The van der Waals surface area contributed by atoms with E-state index in [0.29, 0.717) is 0 Å². The van der Waals surface area contributed by atoms with Gasteiger partial charge >= 0.3 is 0 Å². The van der Waals surface area contributed by atoms with E-state index in [1.54, 1.807) is 23.5 Å². The minimum Gasteiger partial charge on any atom is -0.237 e. The van der Waals surface area contributed by atoms with Crippen LogP contribution in [0, 0.1) is 0 Å². The van der Waals surface area contributed by atoms with Gasteiger partial charge in [0.2, 0.25) is 0 Å². The summed E-state index contributed by atoms with van der Waals surface area (Å²) in [5.74, 6) is 0. The van der Waals surface area contributed by atoms with Gasteiger partial charge in [-0.2, -0.15) is 0 Å². The monoisotopic (exact) mass is 440 g/mol. The SMILES string of the molecule is Brc1cc2c3c(ccc2c2ccccc12)CCCC3.c1cnc2ncccc2c1. The molecule has 0 amide bonds. The third-order valence-electron chi connectivity index (χ3n) is 5.70. The van der Waals surface area contributed by atoms with Gasteiger partial charge in [0.25, 0.3) is 0 Å². The van der Waals surface area contributed by atoms with Crippen LogP contribution in [0.2, 0.25) is 0 Å². The quantitative estimate of drug-likeness (QED) is 0.236. The van der Waals surface area contributed by atoms with Crippen LogP contribution < -0.4 is 0 Å². The molecule has 0 atom stereocenters. The van der Waals surface area contributed by atoms with Gasteiger partial charge in [0, 0.05) is 22.3 Å². The Kier molecular flexibility index (Phi) is 4.99. The van der Waals surface area contributed by atoms with Gasteiger partial charge in [0.15, 0.2) is 5.65 Å². The molecule has 2 aromatic heterocycles. The predicted molar refractivity (Wildman–Crippen MR) is 125 cm³/mol. The summed E-state index contributed by atoms with van der Waals surface area (Å²) in [6.45, 7) is 0. The summed E-state index contributed by atoms with van der Waals surface area (Å²) in [4.78, 5) is 8.14. The van der Waals surface area contributed by atoms with E-state index < -0.39 is 0 Å². The van der Waals surface area contributed by atoms with E-state index in [4.69, 9.17) is 0 Å². The van der Waals surface area contributed by atoms with Crippen molar-refractivity contribution in [2.45, 2.75) is 25.7 Å². The lowest BCUT2D eigenvalue weighted by atomic mass is 9.86. The van der Waals surface area contributed by atoms with E-state index in [9.17, 15) is 0 Å². The molecule has 3 heteroatoms. The Balaban J connectivity index is 0.000000153. The number of fused-ring (bicyclic) bond motifs is 6. The summed E-state index contributed by atoms with van der Waals surface area (Å²) >= 11 is 3.75. The Labute approximate surface area is 178 Å². The molecule has 2 nitrogen and oxygen atoms in total. The number of halogens is 1. The van der Waals surface area contributed by atoms with E-state index in [0.717, 1.165) is 11.0 Å². The summed E-state index contributed by atoms with van der Waals surface area (Å²) < 4.78 is 1.22. The van der Waals surface area contributed by atoms with E-state index >= 15 is 0 Å². The molecule has 0 saturated heterocycles. The van der Waals surface area contributed by atoms with Crippen LogP contribution in [0.5, 0.6) is 0 Å². The minimum atomic E-state index is 0.810. The van der Waals surface area contributed by atoms with Gasteiger partial charge in [-0.3, -0.25) is 0 Å². The van der Waals surface area contributed by atoms with Crippen molar-refractivity contribution in [3.05, 3.63) is 94.7 Å². The van der Waals surface area contributed by atoms with Gasteiger partial charge in [0.1, 0.15) is 0 Å². The Hall–Kier alpha value is -2.78. The molecule has 0 saturated carbocycles. The highest BCUT2D eigenvalue weighted by molar-refractivity contribution is 9.10. The minimum absolute atomic E-state index is 0.810. The fraction of sp³-hybridized carbons (Fsp3) is 0.154. The summed E-state index contributed by atoms with van der Waals surface area (Å²) in [6, 6.07) is 23.5. The molecular formula is C26H21BrN2. The van der Waals surface area contributed by atoms with Crippen LogP contribution in [0.25, 0.3) is 32.6 Å². The first-order valence-corrected chi connectivity index (χ1v) is 10.9. The van der Waals surface area contributed by atoms with Crippen LogP contribution in [0.3, 0.4) is 0 Å². The zero-order valence-corrected chi connectivity index (χ0v) is 17.7. The maximum absolute atomic E-state index is 4.07. The molecule has 2 heterocycles. The van der Waals surface area contributed by atoms with E-state index in [1.165, 1.54) is 51.7 Å². The number of pyridine rings is 2. The Bertz CT molecular complexity index is 1260. The van der Waals surface area contributed by atoms with Crippen LogP contribution in [0.15, 0.2) is 83.6 Å².